The Morgan fingerprint density at radius 1 is 1.31 bits per heavy atom. The Labute approximate surface area is 100 Å². The van der Waals surface area contributed by atoms with Gasteiger partial charge in [-0.1, -0.05) is 20.8 Å². The molecule has 1 heterocycles. The number of nitrogens with zero attached hydrogens (tertiary/aromatic N) is 1. The van der Waals surface area contributed by atoms with E-state index < -0.39 is 0 Å². The van der Waals surface area contributed by atoms with Gasteiger partial charge in [0, 0.05) is 32.3 Å². The minimum Gasteiger partial charge on any atom is -0.378 e. The second-order valence-electron chi connectivity index (χ2n) is 5.81. The molecule has 0 saturated carbocycles. The summed E-state index contributed by atoms with van der Waals surface area (Å²) in [7, 11) is 0. The smallest absolute Gasteiger partial charge is 0.0599 e. The lowest BCUT2D eigenvalue weighted by atomic mass is 9.84. The third kappa shape index (κ3) is 3.72. The molecule has 1 atom stereocenters. The first-order valence-corrected chi connectivity index (χ1v) is 6.54. The summed E-state index contributed by atoms with van der Waals surface area (Å²) >= 11 is 0. The molecule has 0 aliphatic carbocycles. The summed E-state index contributed by atoms with van der Waals surface area (Å²) in [5, 5.41) is 0. The van der Waals surface area contributed by atoms with Gasteiger partial charge >= 0.3 is 0 Å². The molecule has 0 radical (unpaired) electrons. The fraction of sp³-hybridized carbons (Fsp3) is 1.00. The van der Waals surface area contributed by atoms with Crippen LogP contribution >= 0.6 is 0 Å². The van der Waals surface area contributed by atoms with Gasteiger partial charge in [-0.3, -0.25) is 4.90 Å². The van der Waals surface area contributed by atoms with E-state index in [0.29, 0.717) is 12.1 Å². The van der Waals surface area contributed by atoms with Crippen LogP contribution < -0.4 is 5.73 Å². The van der Waals surface area contributed by atoms with Crippen LogP contribution in [-0.2, 0) is 4.74 Å². The molecular weight excluding hydrogens is 200 g/mol. The zero-order valence-electron chi connectivity index (χ0n) is 11.3. The predicted octanol–water partition coefficient (Wildman–Crippen LogP) is 1.86. The van der Waals surface area contributed by atoms with Gasteiger partial charge in [-0.25, -0.2) is 0 Å². The van der Waals surface area contributed by atoms with Crippen LogP contribution in [0.25, 0.3) is 0 Å². The minimum atomic E-state index is 0.271. The van der Waals surface area contributed by atoms with Gasteiger partial charge in [0.2, 0.25) is 0 Å². The molecule has 16 heavy (non-hydrogen) atoms. The van der Waals surface area contributed by atoms with Crippen molar-refractivity contribution in [1.29, 1.82) is 0 Å². The van der Waals surface area contributed by atoms with Gasteiger partial charge in [-0.05, 0) is 25.2 Å². The maximum Gasteiger partial charge on any atom is 0.0599 e. The molecular formula is C13H28N2O. The molecule has 3 nitrogen and oxygen atoms in total. The van der Waals surface area contributed by atoms with Crippen molar-refractivity contribution in [3.05, 3.63) is 0 Å². The van der Waals surface area contributed by atoms with Gasteiger partial charge in [0.05, 0.1) is 6.10 Å². The summed E-state index contributed by atoms with van der Waals surface area (Å²) < 4.78 is 5.67. The van der Waals surface area contributed by atoms with Crippen molar-refractivity contribution in [3.63, 3.8) is 0 Å². The van der Waals surface area contributed by atoms with E-state index in [1.165, 1.54) is 0 Å². The molecule has 0 spiro atoms. The van der Waals surface area contributed by atoms with Crippen LogP contribution in [0.3, 0.4) is 0 Å². The van der Waals surface area contributed by atoms with Crippen LogP contribution in [-0.4, -0.2) is 43.3 Å². The van der Waals surface area contributed by atoms with Crippen molar-refractivity contribution in [1.82, 2.24) is 4.90 Å². The number of ether oxygens (including phenoxy) is 1. The van der Waals surface area contributed by atoms with Gasteiger partial charge in [0.25, 0.3) is 0 Å². The first-order chi connectivity index (χ1) is 7.49. The summed E-state index contributed by atoms with van der Waals surface area (Å²) in [5.74, 6) is 0. The van der Waals surface area contributed by atoms with Gasteiger partial charge in [-0.2, -0.15) is 0 Å². The topological polar surface area (TPSA) is 38.5 Å². The predicted molar refractivity (Wildman–Crippen MR) is 68.5 cm³/mol. The zero-order valence-corrected chi connectivity index (χ0v) is 11.3. The van der Waals surface area contributed by atoms with Crippen molar-refractivity contribution in [2.75, 3.05) is 26.2 Å². The Morgan fingerprint density at radius 3 is 2.25 bits per heavy atom. The van der Waals surface area contributed by atoms with Crippen LogP contribution in [0.4, 0.5) is 0 Å². The number of hydrogen-bond donors (Lipinski definition) is 1. The lowest BCUT2D eigenvalue weighted by Crippen LogP contribution is -2.52. The van der Waals surface area contributed by atoms with Gasteiger partial charge in [0.1, 0.15) is 0 Å². The van der Waals surface area contributed by atoms with E-state index >= 15 is 0 Å². The van der Waals surface area contributed by atoms with Gasteiger partial charge in [0.15, 0.2) is 0 Å². The molecule has 1 saturated heterocycles. The van der Waals surface area contributed by atoms with Crippen molar-refractivity contribution >= 4 is 0 Å². The van der Waals surface area contributed by atoms with Gasteiger partial charge < -0.3 is 10.5 Å². The molecule has 1 aliphatic heterocycles. The number of hydrogen-bond acceptors (Lipinski definition) is 3. The lowest BCUT2D eigenvalue weighted by Gasteiger charge is -2.43. The lowest BCUT2D eigenvalue weighted by molar-refractivity contribution is -0.0101. The third-order valence-electron chi connectivity index (χ3n) is 3.54. The molecule has 0 amide bonds. The van der Waals surface area contributed by atoms with E-state index in [4.69, 9.17) is 10.5 Å². The maximum absolute atomic E-state index is 5.91. The van der Waals surface area contributed by atoms with E-state index in [1.807, 2.05) is 0 Å². The number of nitrogens with two attached hydrogens (primary N) is 1. The Morgan fingerprint density at radius 2 is 1.88 bits per heavy atom. The molecule has 1 unspecified atom stereocenters. The van der Waals surface area contributed by atoms with Crippen molar-refractivity contribution in [3.8, 4) is 0 Å². The Hall–Kier alpha value is -0.120. The number of likely N-dealkylation sites (tertiary alicyclic amines) is 1. The first-order valence-electron chi connectivity index (χ1n) is 6.54. The average Bonchev–Trinajstić information content (AvgIpc) is 2.20. The fourth-order valence-electron chi connectivity index (χ4n) is 2.64. The highest BCUT2D eigenvalue weighted by Gasteiger charge is 2.31. The maximum atomic E-state index is 5.91. The SMILES string of the molecule is CCOC1CCN(C(CN)C(C)(C)C)CC1. The fourth-order valence-corrected chi connectivity index (χ4v) is 2.64. The van der Waals surface area contributed by atoms with Crippen LogP contribution in [0.15, 0.2) is 0 Å². The van der Waals surface area contributed by atoms with Gasteiger partial charge in [-0.15, -0.1) is 0 Å². The second-order valence-corrected chi connectivity index (χ2v) is 5.81. The molecule has 0 aromatic heterocycles. The van der Waals surface area contributed by atoms with Crippen molar-refractivity contribution in [2.24, 2.45) is 11.1 Å². The highest BCUT2D eigenvalue weighted by atomic mass is 16.5. The average molecular weight is 228 g/mol. The normalized spacial score (nSPS) is 22.3. The van der Waals surface area contributed by atoms with Crippen LogP contribution in [0.5, 0.6) is 0 Å². The monoisotopic (exact) mass is 228 g/mol. The summed E-state index contributed by atoms with van der Waals surface area (Å²) in [4.78, 5) is 2.54. The third-order valence-corrected chi connectivity index (χ3v) is 3.54. The molecule has 96 valence electrons. The van der Waals surface area contributed by atoms with Crippen LogP contribution in [0.2, 0.25) is 0 Å². The molecule has 0 aromatic rings. The van der Waals surface area contributed by atoms with Crippen molar-refractivity contribution < 1.29 is 4.74 Å². The van der Waals surface area contributed by atoms with E-state index in [2.05, 4.69) is 32.6 Å². The summed E-state index contributed by atoms with van der Waals surface area (Å²) in [6, 6.07) is 0.495. The standard InChI is InChI=1S/C13H28N2O/c1-5-16-11-6-8-15(9-7-11)12(10-14)13(2,3)4/h11-12H,5-10,14H2,1-4H3. The van der Waals surface area contributed by atoms with Crippen molar-refractivity contribution in [2.45, 2.75) is 52.7 Å². The van der Waals surface area contributed by atoms with E-state index in [1.54, 1.807) is 0 Å². The summed E-state index contributed by atoms with van der Waals surface area (Å²) in [6.45, 7) is 12.8. The molecule has 0 aromatic carbocycles. The summed E-state index contributed by atoms with van der Waals surface area (Å²) in [5.41, 5.74) is 6.18. The highest BCUT2D eigenvalue weighted by Crippen LogP contribution is 2.26. The Kier molecular flexibility index (Phi) is 5.22. The molecule has 0 bridgehead atoms. The van der Waals surface area contributed by atoms with Crippen LogP contribution in [0, 0.1) is 5.41 Å². The summed E-state index contributed by atoms with van der Waals surface area (Å²) in [6.07, 6.45) is 2.78. The molecule has 1 fully saturated rings. The molecule has 1 aliphatic rings. The number of rotatable bonds is 4. The Bertz CT molecular complexity index is 193. The van der Waals surface area contributed by atoms with E-state index in [9.17, 15) is 0 Å². The van der Waals surface area contributed by atoms with E-state index in [0.717, 1.165) is 39.1 Å². The second kappa shape index (κ2) is 5.99. The Balaban J connectivity index is 2.45. The molecule has 3 heteroatoms. The highest BCUT2D eigenvalue weighted by molar-refractivity contribution is 4.87. The van der Waals surface area contributed by atoms with Crippen LogP contribution in [0.1, 0.15) is 40.5 Å². The largest absolute Gasteiger partial charge is 0.378 e. The number of piperidine rings is 1. The quantitative estimate of drug-likeness (QED) is 0.798. The minimum absolute atomic E-state index is 0.271. The van der Waals surface area contributed by atoms with E-state index in [-0.39, 0.29) is 5.41 Å². The molecule has 2 N–H and O–H groups in total. The first kappa shape index (κ1) is 13.9. The molecule has 1 rings (SSSR count). The zero-order chi connectivity index (χ0) is 12.2.